The molecule has 6 nitrogen and oxygen atoms in total. The summed E-state index contributed by atoms with van der Waals surface area (Å²) in [5, 5.41) is 16.9. The highest BCUT2D eigenvalue weighted by molar-refractivity contribution is 5.94. The number of nitrogens with one attached hydrogen (secondary N) is 2. The summed E-state index contributed by atoms with van der Waals surface area (Å²) >= 11 is 0. The van der Waals surface area contributed by atoms with Crippen molar-refractivity contribution in [3.63, 3.8) is 0 Å². The molecule has 1 atom stereocenters. The van der Waals surface area contributed by atoms with Gasteiger partial charge < -0.3 is 5.32 Å². The van der Waals surface area contributed by atoms with Gasteiger partial charge in [-0.2, -0.15) is 5.21 Å². The molecular formula is C12H13N5O. The van der Waals surface area contributed by atoms with E-state index in [-0.39, 0.29) is 11.9 Å². The molecular weight excluding hydrogens is 230 g/mol. The normalized spacial score (nSPS) is 16.2. The van der Waals surface area contributed by atoms with E-state index in [1.165, 1.54) is 0 Å². The van der Waals surface area contributed by atoms with E-state index in [0.29, 0.717) is 17.3 Å². The molecule has 1 aliphatic carbocycles. The number of nitrogens with zero attached hydrogens (tertiary/aromatic N) is 3. The minimum absolute atomic E-state index is 0.0997. The maximum absolute atomic E-state index is 12.1. The topological polar surface area (TPSA) is 83.6 Å². The van der Waals surface area contributed by atoms with Gasteiger partial charge in [0.1, 0.15) is 0 Å². The Morgan fingerprint density at radius 3 is 2.72 bits per heavy atom. The molecule has 1 amide bonds. The van der Waals surface area contributed by atoms with Crippen LogP contribution in [0.3, 0.4) is 0 Å². The average Bonchev–Trinajstić information content (AvgIpc) is 3.11. The van der Waals surface area contributed by atoms with Gasteiger partial charge in [0.15, 0.2) is 5.82 Å². The van der Waals surface area contributed by atoms with Crippen LogP contribution in [0.2, 0.25) is 0 Å². The standard InChI is InChI=1S/C12H13N5O/c18-12(9-4-2-1-3-5-9)13-10(8-6-7-8)11-14-16-17-15-11/h1-5,8,10H,6-7H2,(H,13,18)(H,14,15,16,17). The average molecular weight is 243 g/mol. The summed E-state index contributed by atoms with van der Waals surface area (Å²) in [6.45, 7) is 0. The van der Waals surface area contributed by atoms with Crippen molar-refractivity contribution in [1.82, 2.24) is 25.9 Å². The highest BCUT2D eigenvalue weighted by Gasteiger charge is 2.36. The molecule has 1 aliphatic rings. The monoisotopic (exact) mass is 243 g/mol. The summed E-state index contributed by atoms with van der Waals surface area (Å²) in [4.78, 5) is 12.1. The van der Waals surface area contributed by atoms with Gasteiger partial charge >= 0.3 is 0 Å². The zero-order valence-electron chi connectivity index (χ0n) is 9.71. The quantitative estimate of drug-likeness (QED) is 0.841. The van der Waals surface area contributed by atoms with Gasteiger partial charge in [0.05, 0.1) is 6.04 Å². The van der Waals surface area contributed by atoms with E-state index in [1.54, 1.807) is 12.1 Å². The molecule has 1 aromatic heterocycles. The number of hydrogen-bond acceptors (Lipinski definition) is 4. The third kappa shape index (κ3) is 2.22. The van der Waals surface area contributed by atoms with Gasteiger partial charge in [-0.1, -0.05) is 23.4 Å². The van der Waals surface area contributed by atoms with E-state index in [1.807, 2.05) is 18.2 Å². The third-order valence-corrected chi connectivity index (χ3v) is 3.06. The first kappa shape index (κ1) is 10.9. The van der Waals surface area contributed by atoms with Crippen molar-refractivity contribution in [2.75, 3.05) is 0 Å². The molecule has 0 bridgehead atoms. The molecule has 18 heavy (non-hydrogen) atoms. The number of hydrogen-bond donors (Lipinski definition) is 2. The second-order valence-corrected chi connectivity index (χ2v) is 4.42. The van der Waals surface area contributed by atoms with Crippen LogP contribution in [0.4, 0.5) is 0 Å². The van der Waals surface area contributed by atoms with Crippen LogP contribution in [0.5, 0.6) is 0 Å². The van der Waals surface area contributed by atoms with E-state index in [0.717, 1.165) is 12.8 Å². The first-order valence-electron chi connectivity index (χ1n) is 5.94. The van der Waals surface area contributed by atoms with Gasteiger partial charge in [-0.3, -0.25) is 4.79 Å². The van der Waals surface area contributed by atoms with Crippen LogP contribution in [-0.2, 0) is 0 Å². The minimum Gasteiger partial charge on any atom is -0.342 e. The van der Waals surface area contributed by atoms with Crippen LogP contribution in [-0.4, -0.2) is 26.5 Å². The van der Waals surface area contributed by atoms with E-state index in [4.69, 9.17) is 0 Å². The molecule has 0 radical (unpaired) electrons. The minimum atomic E-state index is -0.142. The van der Waals surface area contributed by atoms with Crippen LogP contribution in [0.1, 0.15) is 35.1 Å². The Morgan fingerprint density at radius 2 is 2.11 bits per heavy atom. The van der Waals surface area contributed by atoms with Gasteiger partial charge in [-0.25, -0.2) is 0 Å². The van der Waals surface area contributed by atoms with Crippen molar-refractivity contribution in [3.05, 3.63) is 41.7 Å². The van der Waals surface area contributed by atoms with Gasteiger partial charge in [0.25, 0.3) is 5.91 Å². The highest BCUT2D eigenvalue weighted by atomic mass is 16.1. The Labute approximate surface area is 104 Å². The van der Waals surface area contributed by atoms with Gasteiger partial charge in [0, 0.05) is 5.56 Å². The van der Waals surface area contributed by atoms with Crippen molar-refractivity contribution in [3.8, 4) is 0 Å². The zero-order valence-corrected chi connectivity index (χ0v) is 9.71. The molecule has 1 fully saturated rings. The lowest BCUT2D eigenvalue weighted by molar-refractivity contribution is 0.0929. The first-order valence-corrected chi connectivity index (χ1v) is 5.94. The van der Waals surface area contributed by atoms with Gasteiger partial charge in [0.2, 0.25) is 0 Å². The van der Waals surface area contributed by atoms with Crippen molar-refractivity contribution in [2.24, 2.45) is 5.92 Å². The molecule has 92 valence electrons. The van der Waals surface area contributed by atoms with E-state index >= 15 is 0 Å². The number of carbonyl (C=O) groups is 1. The number of aromatic amines is 1. The molecule has 3 rings (SSSR count). The summed E-state index contributed by atoms with van der Waals surface area (Å²) < 4.78 is 0. The molecule has 0 aliphatic heterocycles. The fraction of sp³-hybridized carbons (Fsp3) is 0.333. The summed E-state index contributed by atoms with van der Waals surface area (Å²) in [5.74, 6) is 0.884. The Morgan fingerprint density at radius 1 is 1.33 bits per heavy atom. The number of H-pyrrole nitrogens is 1. The Bertz CT molecular complexity index is 521. The number of tetrazole rings is 1. The smallest absolute Gasteiger partial charge is 0.251 e. The Hall–Kier alpha value is -2.24. The maximum atomic E-state index is 12.1. The first-order chi connectivity index (χ1) is 8.84. The Kier molecular flexibility index (Phi) is 2.76. The number of rotatable bonds is 4. The van der Waals surface area contributed by atoms with Crippen molar-refractivity contribution < 1.29 is 4.79 Å². The van der Waals surface area contributed by atoms with Crippen LogP contribution in [0, 0.1) is 5.92 Å². The fourth-order valence-electron chi connectivity index (χ4n) is 1.94. The summed E-state index contributed by atoms with van der Waals surface area (Å²) in [6, 6.07) is 9.00. The highest BCUT2D eigenvalue weighted by Crippen LogP contribution is 2.39. The van der Waals surface area contributed by atoms with E-state index in [9.17, 15) is 4.79 Å². The Balaban J connectivity index is 1.76. The maximum Gasteiger partial charge on any atom is 0.251 e. The predicted molar refractivity (Wildman–Crippen MR) is 63.6 cm³/mol. The third-order valence-electron chi connectivity index (χ3n) is 3.06. The number of amides is 1. The predicted octanol–water partition coefficient (Wildman–Crippen LogP) is 1.08. The molecule has 0 saturated heterocycles. The molecule has 1 heterocycles. The second kappa shape index (κ2) is 4.56. The summed E-state index contributed by atoms with van der Waals surface area (Å²) in [7, 11) is 0. The molecule has 0 spiro atoms. The second-order valence-electron chi connectivity index (χ2n) is 4.42. The largest absolute Gasteiger partial charge is 0.342 e. The molecule has 6 heteroatoms. The van der Waals surface area contributed by atoms with Gasteiger partial charge in [-0.05, 0) is 30.9 Å². The van der Waals surface area contributed by atoms with Crippen LogP contribution in [0.15, 0.2) is 30.3 Å². The lowest BCUT2D eigenvalue weighted by atomic mass is 10.1. The summed E-state index contributed by atoms with van der Waals surface area (Å²) in [5.41, 5.74) is 0.645. The van der Waals surface area contributed by atoms with Crippen molar-refractivity contribution >= 4 is 5.91 Å². The van der Waals surface area contributed by atoms with Crippen molar-refractivity contribution in [2.45, 2.75) is 18.9 Å². The molecule has 1 saturated carbocycles. The van der Waals surface area contributed by atoms with Gasteiger partial charge in [-0.15, -0.1) is 10.2 Å². The molecule has 1 unspecified atom stereocenters. The van der Waals surface area contributed by atoms with Crippen molar-refractivity contribution in [1.29, 1.82) is 0 Å². The number of benzene rings is 1. The lowest BCUT2D eigenvalue weighted by Gasteiger charge is -2.14. The SMILES string of the molecule is O=C(NC(c1nn[nH]n1)C1CC1)c1ccccc1. The molecule has 2 N–H and O–H groups in total. The number of aromatic nitrogens is 4. The van der Waals surface area contributed by atoms with Crippen LogP contribution < -0.4 is 5.32 Å². The fourth-order valence-corrected chi connectivity index (χ4v) is 1.94. The number of carbonyl (C=O) groups excluding carboxylic acids is 1. The lowest BCUT2D eigenvalue weighted by Crippen LogP contribution is -2.30. The summed E-state index contributed by atoms with van der Waals surface area (Å²) in [6.07, 6.45) is 2.18. The van der Waals surface area contributed by atoms with E-state index in [2.05, 4.69) is 25.9 Å². The molecule has 2 aromatic rings. The van der Waals surface area contributed by atoms with Crippen LogP contribution in [0.25, 0.3) is 0 Å². The van der Waals surface area contributed by atoms with E-state index < -0.39 is 0 Å². The molecule has 1 aromatic carbocycles. The zero-order chi connectivity index (χ0) is 12.4. The van der Waals surface area contributed by atoms with Crippen LogP contribution >= 0.6 is 0 Å².